The number of fused-ring (bicyclic) bond motifs is 1. The van der Waals surface area contributed by atoms with E-state index in [4.69, 9.17) is 5.11 Å². The van der Waals surface area contributed by atoms with Crippen molar-refractivity contribution in [2.45, 2.75) is 16.7 Å². The zero-order chi connectivity index (χ0) is 13.9. The Kier molecular flexibility index (Phi) is 3.88. The highest BCUT2D eigenvalue weighted by molar-refractivity contribution is 8.01. The van der Waals surface area contributed by atoms with Gasteiger partial charge in [0.15, 0.2) is 4.34 Å². The molecule has 0 bridgehead atoms. The van der Waals surface area contributed by atoms with Gasteiger partial charge in [0.1, 0.15) is 0 Å². The predicted octanol–water partition coefficient (Wildman–Crippen LogP) is 2.47. The minimum Gasteiger partial charge on any atom is -0.481 e. The van der Waals surface area contributed by atoms with Gasteiger partial charge in [0.25, 0.3) is 0 Å². The number of benzene rings is 1. The van der Waals surface area contributed by atoms with E-state index in [9.17, 15) is 4.79 Å². The number of nitrogens with one attached hydrogen (secondary N) is 1. The molecule has 0 radical (unpaired) electrons. The first-order chi connectivity index (χ1) is 9.72. The summed E-state index contributed by atoms with van der Waals surface area (Å²) in [6.45, 7) is 0.843. The average Bonchev–Trinajstić information content (AvgIpc) is 2.85. The number of carbonyl (C=O) groups is 1. The summed E-state index contributed by atoms with van der Waals surface area (Å²) < 4.78 is 0.684. The van der Waals surface area contributed by atoms with Crippen LogP contribution in [0.5, 0.6) is 0 Å². The monoisotopic (exact) mass is 307 g/mol. The van der Waals surface area contributed by atoms with Crippen LogP contribution in [0.1, 0.15) is 17.0 Å². The fourth-order valence-electron chi connectivity index (χ4n) is 2.22. The Hall–Kier alpha value is -1.60. The maximum absolute atomic E-state index is 10.5. The SMILES string of the molecule is O=C(O)CSc1nnc(NCC2Cc3ccccc32)s1. The summed E-state index contributed by atoms with van der Waals surface area (Å²) in [5.41, 5.74) is 2.83. The zero-order valence-electron chi connectivity index (χ0n) is 10.6. The summed E-state index contributed by atoms with van der Waals surface area (Å²) in [5, 5.41) is 20.6. The van der Waals surface area contributed by atoms with Crippen LogP contribution in [0, 0.1) is 0 Å². The predicted molar refractivity (Wildman–Crippen MR) is 79.6 cm³/mol. The lowest BCUT2D eigenvalue weighted by Crippen LogP contribution is -2.24. The Morgan fingerprint density at radius 3 is 3.10 bits per heavy atom. The van der Waals surface area contributed by atoms with E-state index in [1.807, 2.05) is 0 Å². The van der Waals surface area contributed by atoms with Gasteiger partial charge in [0, 0.05) is 12.5 Å². The van der Waals surface area contributed by atoms with E-state index in [0.29, 0.717) is 10.3 Å². The molecule has 5 nitrogen and oxygen atoms in total. The topological polar surface area (TPSA) is 75.1 Å². The van der Waals surface area contributed by atoms with Crippen molar-refractivity contribution in [3.05, 3.63) is 35.4 Å². The number of hydrogen-bond acceptors (Lipinski definition) is 6. The maximum Gasteiger partial charge on any atom is 0.313 e. The number of nitrogens with zero attached hydrogens (tertiary/aromatic N) is 2. The van der Waals surface area contributed by atoms with Gasteiger partial charge in [-0.2, -0.15) is 0 Å². The van der Waals surface area contributed by atoms with E-state index >= 15 is 0 Å². The van der Waals surface area contributed by atoms with Gasteiger partial charge in [-0.15, -0.1) is 10.2 Å². The number of aromatic nitrogens is 2. The molecule has 0 spiro atoms. The van der Waals surface area contributed by atoms with Gasteiger partial charge in [-0.3, -0.25) is 4.79 Å². The second-order valence-electron chi connectivity index (χ2n) is 4.54. The molecule has 1 heterocycles. The van der Waals surface area contributed by atoms with E-state index in [1.54, 1.807) is 0 Å². The normalized spacial score (nSPS) is 16.3. The largest absolute Gasteiger partial charge is 0.481 e. The van der Waals surface area contributed by atoms with Crippen LogP contribution in [-0.2, 0) is 11.2 Å². The highest BCUT2D eigenvalue weighted by Gasteiger charge is 2.25. The molecule has 1 aromatic heterocycles. The van der Waals surface area contributed by atoms with Crippen LogP contribution in [0.4, 0.5) is 5.13 Å². The lowest BCUT2D eigenvalue weighted by molar-refractivity contribution is -0.133. The van der Waals surface area contributed by atoms with Crippen molar-refractivity contribution in [1.82, 2.24) is 10.2 Å². The van der Waals surface area contributed by atoms with Crippen LogP contribution in [0.3, 0.4) is 0 Å². The molecule has 0 saturated carbocycles. The van der Waals surface area contributed by atoms with E-state index < -0.39 is 5.97 Å². The summed E-state index contributed by atoms with van der Waals surface area (Å²) in [6.07, 6.45) is 1.10. The molecule has 104 valence electrons. The van der Waals surface area contributed by atoms with Gasteiger partial charge in [-0.25, -0.2) is 0 Å². The summed E-state index contributed by atoms with van der Waals surface area (Å²) in [6, 6.07) is 8.46. The van der Waals surface area contributed by atoms with Crippen LogP contribution < -0.4 is 5.32 Å². The van der Waals surface area contributed by atoms with Gasteiger partial charge in [-0.05, 0) is 17.5 Å². The molecule has 1 aliphatic carbocycles. The quantitative estimate of drug-likeness (QED) is 0.799. The minimum atomic E-state index is -0.842. The smallest absolute Gasteiger partial charge is 0.313 e. The Morgan fingerprint density at radius 2 is 2.30 bits per heavy atom. The molecule has 1 aromatic carbocycles. The fourth-order valence-corrected chi connectivity index (χ4v) is 3.70. The number of carboxylic acid groups (broad SMARTS) is 1. The van der Waals surface area contributed by atoms with Crippen molar-refractivity contribution >= 4 is 34.2 Å². The van der Waals surface area contributed by atoms with E-state index in [2.05, 4.69) is 39.8 Å². The third-order valence-electron chi connectivity index (χ3n) is 3.19. The van der Waals surface area contributed by atoms with E-state index in [1.165, 1.54) is 34.2 Å². The van der Waals surface area contributed by atoms with Gasteiger partial charge in [0.05, 0.1) is 5.75 Å². The molecule has 2 aromatic rings. The maximum atomic E-state index is 10.5. The fraction of sp³-hybridized carbons (Fsp3) is 0.308. The zero-order valence-corrected chi connectivity index (χ0v) is 12.2. The molecule has 20 heavy (non-hydrogen) atoms. The summed E-state index contributed by atoms with van der Waals surface area (Å²) in [4.78, 5) is 10.5. The van der Waals surface area contributed by atoms with Gasteiger partial charge >= 0.3 is 5.97 Å². The van der Waals surface area contributed by atoms with Crippen molar-refractivity contribution < 1.29 is 9.90 Å². The lowest BCUT2D eigenvalue weighted by atomic mass is 9.78. The molecule has 1 atom stereocenters. The Bertz CT molecular complexity index is 630. The van der Waals surface area contributed by atoms with Crippen molar-refractivity contribution in [3.63, 3.8) is 0 Å². The standard InChI is InChI=1S/C13H13N3O2S2/c17-11(18)7-19-13-16-15-12(20-13)14-6-9-5-8-3-1-2-4-10(8)9/h1-4,9H,5-7H2,(H,14,15)(H,17,18). The van der Waals surface area contributed by atoms with Crippen LogP contribution in [-0.4, -0.2) is 33.6 Å². The van der Waals surface area contributed by atoms with Crippen LogP contribution in [0.2, 0.25) is 0 Å². The number of carboxylic acids is 1. The molecule has 0 saturated heterocycles. The molecule has 3 rings (SSSR count). The highest BCUT2D eigenvalue weighted by Crippen LogP contribution is 2.35. The minimum absolute atomic E-state index is 0.0185. The molecule has 2 N–H and O–H groups in total. The van der Waals surface area contributed by atoms with Crippen LogP contribution in [0.15, 0.2) is 28.6 Å². The van der Waals surface area contributed by atoms with Crippen molar-refractivity contribution in [2.24, 2.45) is 0 Å². The molecule has 7 heteroatoms. The first-order valence-corrected chi connectivity index (χ1v) is 8.02. The van der Waals surface area contributed by atoms with E-state index in [0.717, 1.165) is 18.1 Å². The molecule has 0 fully saturated rings. The Labute approximate surface area is 124 Å². The second kappa shape index (κ2) is 5.80. The number of aliphatic carboxylic acids is 1. The van der Waals surface area contributed by atoms with Crippen molar-refractivity contribution in [2.75, 3.05) is 17.6 Å². The number of hydrogen-bond donors (Lipinski definition) is 2. The second-order valence-corrected chi connectivity index (χ2v) is 6.74. The molecule has 0 aliphatic heterocycles. The van der Waals surface area contributed by atoms with Crippen LogP contribution >= 0.6 is 23.1 Å². The molecule has 1 aliphatic rings. The molecule has 0 amide bonds. The summed E-state index contributed by atoms with van der Waals surface area (Å²) in [7, 11) is 0. The Morgan fingerprint density at radius 1 is 1.45 bits per heavy atom. The van der Waals surface area contributed by atoms with E-state index in [-0.39, 0.29) is 5.75 Å². The van der Waals surface area contributed by atoms with Gasteiger partial charge in [0.2, 0.25) is 5.13 Å². The molecular formula is C13H13N3O2S2. The molecular weight excluding hydrogens is 294 g/mol. The highest BCUT2D eigenvalue weighted by atomic mass is 32.2. The van der Waals surface area contributed by atoms with Crippen molar-refractivity contribution in [1.29, 1.82) is 0 Å². The third kappa shape index (κ3) is 2.94. The first-order valence-electron chi connectivity index (χ1n) is 6.22. The number of rotatable bonds is 6. The summed E-state index contributed by atoms with van der Waals surface area (Å²) >= 11 is 2.60. The molecule has 1 unspecified atom stereocenters. The third-order valence-corrected chi connectivity index (χ3v) is 5.19. The first kappa shape index (κ1) is 13.4. The Balaban J connectivity index is 1.51. The number of anilines is 1. The van der Waals surface area contributed by atoms with Crippen LogP contribution in [0.25, 0.3) is 0 Å². The van der Waals surface area contributed by atoms with Gasteiger partial charge in [-0.1, -0.05) is 47.4 Å². The van der Waals surface area contributed by atoms with Gasteiger partial charge < -0.3 is 10.4 Å². The lowest BCUT2D eigenvalue weighted by Gasteiger charge is -2.29. The van der Waals surface area contributed by atoms with Crippen molar-refractivity contribution in [3.8, 4) is 0 Å². The number of thioether (sulfide) groups is 1. The average molecular weight is 307 g/mol. The summed E-state index contributed by atoms with van der Waals surface area (Å²) in [5.74, 6) is -0.291.